The number of benzene rings is 1. The van der Waals surface area contributed by atoms with Crippen molar-refractivity contribution in [2.45, 2.75) is 25.9 Å². The van der Waals surface area contributed by atoms with E-state index < -0.39 is 0 Å². The predicted molar refractivity (Wildman–Crippen MR) is 83.9 cm³/mol. The highest BCUT2D eigenvalue weighted by Gasteiger charge is 2.42. The molecule has 3 atom stereocenters. The fraction of sp³-hybridized carbons (Fsp3) is 0.500. The maximum atomic E-state index is 12.7. The molecule has 0 bridgehead atoms. The molecule has 1 saturated carbocycles. The van der Waals surface area contributed by atoms with Crippen molar-refractivity contribution in [1.82, 2.24) is 4.90 Å². The first-order chi connectivity index (χ1) is 10.6. The van der Waals surface area contributed by atoms with Crippen molar-refractivity contribution in [1.29, 1.82) is 0 Å². The van der Waals surface area contributed by atoms with Crippen LogP contribution in [0.3, 0.4) is 0 Å². The second kappa shape index (κ2) is 5.13. The molecule has 2 aliphatic rings. The first-order valence-electron chi connectivity index (χ1n) is 7.96. The van der Waals surface area contributed by atoms with Gasteiger partial charge < -0.3 is 14.1 Å². The minimum atomic E-state index is 0.143. The molecule has 4 nitrogen and oxygen atoms in total. The summed E-state index contributed by atoms with van der Waals surface area (Å²) in [6.07, 6.45) is 2.56. The zero-order valence-corrected chi connectivity index (χ0v) is 13.0. The standard InChI is InChI=1S/C18H21NO3/c1-11-5-13-6-12(3-4-17(13)22-11)18(20)19-9-14-7-16(21-2)8-15(14)10-19/h3-6,14-16H,7-10H2,1-2H3/t14-,15+,16?. The summed E-state index contributed by atoms with van der Waals surface area (Å²) in [6.45, 7) is 3.66. The maximum absolute atomic E-state index is 12.7. The summed E-state index contributed by atoms with van der Waals surface area (Å²) in [5.41, 5.74) is 1.60. The Balaban J connectivity index is 1.52. The summed E-state index contributed by atoms with van der Waals surface area (Å²) in [7, 11) is 1.79. The zero-order valence-electron chi connectivity index (χ0n) is 13.0. The summed E-state index contributed by atoms with van der Waals surface area (Å²) in [5, 5.41) is 1.00. The first kappa shape index (κ1) is 13.8. The van der Waals surface area contributed by atoms with Crippen molar-refractivity contribution in [3.05, 3.63) is 35.6 Å². The Morgan fingerprint density at radius 1 is 1.23 bits per heavy atom. The molecule has 0 N–H and O–H groups in total. The number of rotatable bonds is 2. The second-order valence-electron chi connectivity index (χ2n) is 6.67. The van der Waals surface area contributed by atoms with Crippen LogP contribution in [0.25, 0.3) is 11.0 Å². The van der Waals surface area contributed by atoms with Gasteiger partial charge in [0.1, 0.15) is 11.3 Å². The third kappa shape index (κ3) is 2.22. The molecule has 0 radical (unpaired) electrons. The summed E-state index contributed by atoms with van der Waals surface area (Å²) >= 11 is 0. The predicted octanol–water partition coefficient (Wildman–Crippen LogP) is 3.24. The summed E-state index contributed by atoms with van der Waals surface area (Å²) in [4.78, 5) is 14.8. The third-order valence-electron chi connectivity index (χ3n) is 5.21. The van der Waals surface area contributed by atoms with Crippen molar-refractivity contribution < 1.29 is 13.9 Å². The minimum absolute atomic E-state index is 0.143. The Morgan fingerprint density at radius 2 is 1.95 bits per heavy atom. The molecular weight excluding hydrogens is 278 g/mol. The SMILES string of the molecule is COC1C[C@@H]2CN(C(=O)c3ccc4oc(C)cc4c3)C[C@@H]2C1. The van der Waals surface area contributed by atoms with Gasteiger partial charge in [0.15, 0.2) is 0 Å². The lowest BCUT2D eigenvalue weighted by atomic mass is 10.0. The number of nitrogens with zero attached hydrogens (tertiary/aromatic N) is 1. The van der Waals surface area contributed by atoms with Gasteiger partial charge in [-0.25, -0.2) is 0 Å². The molecule has 1 aliphatic heterocycles. The van der Waals surface area contributed by atoms with E-state index in [2.05, 4.69) is 0 Å². The number of furan rings is 1. The van der Waals surface area contributed by atoms with Crippen LogP contribution in [0.4, 0.5) is 0 Å². The molecule has 4 rings (SSSR count). The molecule has 1 amide bonds. The molecule has 1 aromatic heterocycles. The molecule has 1 aromatic carbocycles. The topological polar surface area (TPSA) is 42.7 Å². The highest BCUT2D eigenvalue weighted by molar-refractivity contribution is 5.98. The van der Waals surface area contributed by atoms with Gasteiger partial charge in [0.05, 0.1) is 6.10 Å². The maximum Gasteiger partial charge on any atom is 0.253 e. The Kier molecular flexibility index (Phi) is 3.22. The highest BCUT2D eigenvalue weighted by atomic mass is 16.5. The van der Waals surface area contributed by atoms with E-state index in [0.29, 0.717) is 17.9 Å². The van der Waals surface area contributed by atoms with Crippen LogP contribution in [0.15, 0.2) is 28.7 Å². The van der Waals surface area contributed by atoms with Gasteiger partial charge >= 0.3 is 0 Å². The summed E-state index contributed by atoms with van der Waals surface area (Å²) < 4.78 is 11.0. The van der Waals surface area contributed by atoms with Crippen molar-refractivity contribution in [3.63, 3.8) is 0 Å². The molecule has 1 aliphatic carbocycles. The molecule has 1 unspecified atom stereocenters. The van der Waals surface area contributed by atoms with Gasteiger partial charge in [0.2, 0.25) is 0 Å². The van der Waals surface area contributed by atoms with Crippen LogP contribution in [-0.2, 0) is 4.74 Å². The van der Waals surface area contributed by atoms with Gasteiger partial charge in [-0.05, 0) is 55.9 Å². The Morgan fingerprint density at radius 3 is 2.64 bits per heavy atom. The first-order valence-corrected chi connectivity index (χ1v) is 7.96. The van der Waals surface area contributed by atoms with Crippen LogP contribution in [0.2, 0.25) is 0 Å². The van der Waals surface area contributed by atoms with Gasteiger partial charge in [-0.1, -0.05) is 0 Å². The van der Waals surface area contributed by atoms with E-state index in [1.54, 1.807) is 7.11 Å². The van der Waals surface area contributed by atoms with Crippen LogP contribution in [0.1, 0.15) is 29.0 Å². The molecule has 2 aromatic rings. The lowest BCUT2D eigenvalue weighted by Crippen LogP contribution is -2.30. The number of ether oxygens (including phenoxy) is 1. The number of methoxy groups -OCH3 is 1. The largest absolute Gasteiger partial charge is 0.461 e. The van der Waals surface area contributed by atoms with Gasteiger partial charge in [-0.15, -0.1) is 0 Å². The average Bonchev–Trinajstić information content (AvgIpc) is 3.15. The van der Waals surface area contributed by atoms with Gasteiger partial charge in [-0.2, -0.15) is 0 Å². The molecule has 0 spiro atoms. The van der Waals surface area contributed by atoms with Crippen LogP contribution >= 0.6 is 0 Å². The Labute approximate surface area is 130 Å². The van der Waals surface area contributed by atoms with E-state index >= 15 is 0 Å². The monoisotopic (exact) mass is 299 g/mol. The number of hydrogen-bond donors (Lipinski definition) is 0. The molecule has 4 heteroatoms. The third-order valence-corrected chi connectivity index (χ3v) is 5.21. The van der Waals surface area contributed by atoms with Crippen LogP contribution in [0, 0.1) is 18.8 Å². The lowest BCUT2D eigenvalue weighted by Gasteiger charge is -2.19. The zero-order chi connectivity index (χ0) is 15.3. The molecule has 2 heterocycles. The Hall–Kier alpha value is -1.81. The molecule has 22 heavy (non-hydrogen) atoms. The lowest BCUT2D eigenvalue weighted by molar-refractivity contribution is 0.0731. The van der Waals surface area contributed by atoms with E-state index in [1.807, 2.05) is 36.1 Å². The van der Waals surface area contributed by atoms with Gasteiger partial charge in [0, 0.05) is 31.1 Å². The quantitative estimate of drug-likeness (QED) is 0.855. The van der Waals surface area contributed by atoms with Crippen LogP contribution in [0.5, 0.6) is 0 Å². The number of amides is 1. The van der Waals surface area contributed by atoms with Crippen molar-refractivity contribution in [2.75, 3.05) is 20.2 Å². The molecule has 116 valence electrons. The van der Waals surface area contributed by atoms with Crippen LogP contribution < -0.4 is 0 Å². The van der Waals surface area contributed by atoms with E-state index in [9.17, 15) is 4.79 Å². The van der Waals surface area contributed by atoms with Crippen molar-refractivity contribution in [2.24, 2.45) is 11.8 Å². The smallest absolute Gasteiger partial charge is 0.253 e. The van der Waals surface area contributed by atoms with Crippen LogP contribution in [-0.4, -0.2) is 37.1 Å². The molecular formula is C18H21NO3. The summed E-state index contributed by atoms with van der Waals surface area (Å²) in [6, 6.07) is 7.70. The van der Waals surface area contributed by atoms with E-state index in [-0.39, 0.29) is 5.91 Å². The molecule has 2 fully saturated rings. The average molecular weight is 299 g/mol. The number of hydrogen-bond acceptors (Lipinski definition) is 3. The van der Waals surface area contributed by atoms with Crippen molar-refractivity contribution >= 4 is 16.9 Å². The normalized spacial score (nSPS) is 27.5. The second-order valence-corrected chi connectivity index (χ2v) is 6.67. The van der Waals surface area contributed by atoms with Gasteiger partial charge in [0.25, 0.3) is 5.91 Å². The Bertz CT molecular complexity index is 706. The number of fused-ring (bicyclic) bond motifs is 2. The van der Waals surface area contributed by atoms with E-state index in [1.165, 1.54) is 0 Å². The van der Waals surface area contributed by atoms with Crippen molar-refractivity contribution in [3.8, 4) is 0 Å². The van der Waals surface area contributed by atoms with E-state index in [0.717, 1.165) is 48.2 Å². The van der Waals surface area contributed by atoms with E-state index in [4.69, 9.17) is 9.15 Å². The highest BCUT2D eigenvalue weighted by Crippen LogP contribution is 2.39. The fourth-order valence-corrected chi connectivity index (χ4v) is 4.09. The van der Waals surface area contributed by atoms with Gasteiger partial charge in [-0.3, -0.25) is 4.79 Å². The number of aryl methyl sites for hydroxylation is 1. The fourth-order valence-electron chi connectivity index (χ4n) is 4.09. The minimum Gasteiger partial charge on any atom is -0.461 e. The molecule has 1 saturated heterocycles. The number of carbonyl (C=O) groups is 1. The number of carbonyl (C=O) groups excluding carboxylic acids is 1. The summed E-state index contributed by atoms with van der Waals surface area (Å²) in [5.74, 6) is 2.23. The number of likely N-dealkylation sites (tertiary alicyclic amines) is 1.